The van der Waals surface area contributed by atoms with Crippen molar-refractivity contribution in [3.8, 4) is 11.5 Å². The molecule has 2 atom stereocenters. The molecule has 1 N–H and O–H groups in total. The van der Waals surface area contributed by atoms with Gasteiger partial charge in [-0.25, -0.2) is 8.42 Å². The van der Waals surface area contributed by atoms with E-state index in [4.69, 9.17) is 9.47 Å². The SMILES string of the molecule is O=C(NC[C@H]1COc2ccccc2O1)[C@@H]1CCCN(S(=O)(=O)c2cccc3nsnc23)C1. The fraction of sp³-hybridized carbons (Fsp3) is 0.381. The lowest BCUT2D eigenvalue weighted by Gasteiger charge is -2.32. The molecule has 9 nitrogen and oxygen atoms in total. The van der Waals surface area contributed by atoms with E-state index in [1.807, 2.05) is 24.3 Å². The molecule has 0 aliphatic carbocycles. The topological polar surface area (TPSA) is 111 Å². The molecule has 0 bridgehead atoms. The first-order chi connectivity index (χ1) is 15.5. The third-order valence-electron chi connectivity index (χ3n) is 5.69. The summed E-state index contributed by atoms with van der Waals surface area (Å²) in [6, 6.07) is 12.3. The van der Waals surface area contributed by atoms with Crippen LogP contribution < -0.4 is 14.8 Å². The van der Waals surface area contributed by atoms with Crippen LogP contribution in [0, 0.1) is 5.92 Å². The predicted molar refractivity (Wildman–Crippen MR) is 118 cm³/mol. The maximum atomic E-state index is 13.3. The second-order valence-corrected chi connectivity index (χ2v) is 10.3. The number of amides is 1. The molecule has 0 saturated carbocycles. The number of ether oxygens (including phenoxy) is 2. The first kappa shape index (κ1) is 21.1. The zero-order chi connectivity index (χ0) is 22.1. The van der Waals surface area contributed by atoms with Crippen LogP contribution >= 0.6 is 11.7 Å². The Morgan fingerprint density at radius 3 is 2.88 bits per heavy atom. The third-order valence-corrected chi connectivity index (χ3v) is 8.13. The molecule has 1 fully saturated rings. The van der Waals surface area contributed by atoms with E-state index >= 15 is 0 Å². The van der Waals surface area contributed by atoms with Crippen LogP contribution in [0.3, 0.4) is 0 Å². The number of carbonyl (C=O) groups excluding carboxylic acids is 1. The third kappa shape index (κ3) is 4.03. The van der Waals surface area contributed by atoms with Gasteiger partial charge >= 0.3 is 0 Å². The van der Waals surface area contributed by atoms with Crippen molar-refractivity contribution in [2.75, 3.05) is 26.2 Å². The zero-order valence-corrected chi connectivity index (χ0v) is 18.8. The van der Waals surface area contributed by atoms with Gasteiger partial charge in [0, 0.05) is 13.1 Å². The molecule has 11 heteroatoms. The summed E-state index contributed by atoms with van der Waals surface area (Å²) >= 11 is 0.982. The van der Waals surface area contributed by atoms with Crippen molar-refractivity contribution in [1.82, 2.24) is 18.4 Å². The largest absolute Gasteiger partial charge is 0.486 e. The van der Waals surface area contributed by atoms with E-state index < -0.39 is 15.9 Å². The fourth-order valence-electron chi connectivity index (χ4n) is 4.03. The summed E-state index contributed by atoms with van der Waals surface area (Å²) < 4.78 is 47.8. The number of carbonyl (C=O) groups is 1. The number of piperidine rings is 1. The summed E-state index contributed by atoms with van der Waals surface area (Å²) in [6.07, 6.45) is 0.941. The van der Waals surface area contributed by atoms with E-state index in [1.165, 1.54) is 4.31 Å². The van der Waals surface area contributed by atoms with Gasteiger partial charge in [0.2, 0.25) is 15.9 Å². The van der Waals surface area contributed by atoms with E-state index in [2.05, 4.69) is 14.1 Å². The molecule has 1 aromatic heterocycles. The lowest BCUT2D eigenvalue weighted by Crippen LogP contribution is -2.48. The van der Waals surface area contributed by atoms with Gasteiger partial charge in [0.15, 0.2) is 11.5 Å². The maximum Gasteiger partial charge on any atom is 0.245 e. The number of benzene rings is 2. The van der Waals surface area contributed by atoms with Gasteiger partial charge in [-0.2, -0.15) is 13.1 Å². The summed E-state index contributed by atoms with van der Waals surface area (Å²) in [5.41, 5.74) is 0.928. The molecule has 2 aromatic carbocycles. The number of rotatable bonds is 5. The molecular formula is C21H22N4O5S2. The Balaban J connectivity index is 1.23. The lowest BCUT2D eigenvalue weighted by atomic mass is 9.99. The second kappa shape index (κ2) is 8.64. The molecule has 0 unspecified atom stereocenters. The summed E-state index contributed by atoms with van der Waals surface area (Å²) in [6.45, 7) is 1.14. The number of para-hydroxylation sites is 2. The number of nitrogens with zero attached hydrogens (tertiary/aromatic N) is 3. The minimum absolute atomic E-state index is 0.132. The average molecular weight is 475 g/mol. The summed E-state index contributed by atoms with van der Waals surface area (Å²) in [7, 11) is -3.78. The standard InChI is InChI=1S/C21H22N4O5S2/c26-21(22-11-15-13-29-17-7-1-2-8-18(17)30-15)14-5-4-10-25(12-14)32(27,28)19-9-3-6-16-20(19)24-31-23-16/h1-3,6-9,14-15H,4-5,10-13H2,(H,22,26)/t14-,15+/m1/s1. The van der Waals surface area contributed by atoms with Crippen LogP contribution in [0.2, 0.25) is 0 Å². The highest BCUT2D eigenvalue weighted by Gasteiger charge is 2.35. The molecule has 168 valence electrons. The summed E-state index contributed by atoms with van der Waals surface area (Å²) in [4.78, 5) is 13.0. The highest BCUT2D eigenvalue weighted by molar-refractivity contribution is 7.89. The molecule has 32 heavy (non-hydrogen) atoms. The van der Waals surface area contributed by atoms with E-state index in [9.17, 15) is 13.2 Å². The van der Waals surface area contributed by atoms with Crippen LogP contribution in [-0.2, 0) is 14.8 Å². The zero-order valence-electron chi connectivity index (χ0n) is 17.1. The van der Waals surface area contributed by atoms with Crippen molar-refractivity contribution in [2.45, 2.75) is 23.8 Å². The number of fused-ring (bicyclic) bond motifs is 2. The molecule has 3 aromatic rings. The minimum atomic E-state index is -3.78. The molecule has 5 rings (SSSR count). The van der Waals surface area contributed by atoms with E-state index in [1.54, 1.807) is 18.2 Å². The van der Waals surface area contributed by atoms with E-state index in [0.717, 1.165) is 11.7 Å². The number of sulfonamides is 1. The van der Waals surface area contributed by atoms with Crippen molar-refractivity contribution in [2.24, 2.45) is 5.92 Å². The molecule has 2 aliphatic heterocycles. The Bertz CT molecular complexity index is 1250. The first-order valence-corrected chi connectivity index (χ1v) is 12.6. The minimum Gasteiger partial charge on any atom is -0.486 e. The normalized spacial score (nSPS) is 21.4. The highest BCUT2D eigenvalue weighted by atomic mass is 32.2. The Kier molecular flexibility index (Phi) is 5.70. The molecule has 3 heterocycles. The van der Waals surface area contributed by atoms with Gasteiger partial charge < -0.3 is 14.8 Å². The quantitative estimate of drug-likeness (QED) is 0.602. The summed E-state index contributed by atoms with van der Waals surface area (Å²) in [5, 5.41) is 2.90. The second-order valence-electron chi connectivity index (χ2n) is 7.83. The molecule has 2 aliphatic rings. The Morgan fingerprint density at radius 2 is 2.00 bits per heavy atom. The number of hydrogen-bond acceptors (Lipinski definition) is 8. The van der Waals surface area contributed by atoms with Crippen LogP contribution in [0.1, 0.15) is 12.8 Å². The van der Waals surface area contributed by atoms with Crippen molar-refractivity contribution in [3.63, 3.8) is 0 Å². The van der Waals surface area contributed by atoms with Crippen LogP contribution in [0.15, 0.2) is 47.4 Å². The molecular weight excluding hydrogens is 452 g/mol. The Morgan fingerprint density at radius 1 is 1.16 bits per heavy atom. The number of nitrogens with one attached hydrogen (secondary N) is 1. The lowest BCUT2D eigenvalue weighted by molar-refractivity contribution is -0.126. The highest BCUT2D eigenvalue weighted by Crippen LogP contribution is 2.31. The van der Waals surface area contributed by atoms with Gasteiger partial charge in [-0.05, 0) is 37.1 Å². The maximum absolute atomic E-state index is 13.3. The summed E-state index contributed by atoms with van der Waals surface area (Å²) in [5.74, 6) is 0.733. The smallest absolute Gasteiger partial charge is 0.245 e. The molecule has 0 spiro atoms. The first-order valence-electron chi connectivity index (χ1n) is 10.4. The van der Waals surface area contributed by atoms with Gasteiger partial charge in [-0.3, -0.25) is 4.79 Å². The Labute approximate surface area is 189 Å². The average Bonchev–Trinajstić information content (AvgIpc) is 3.31. The fourth-order valence-corrected chi connectivity index (χ4v) is 6.30. The van der Waals surface area contributed by atoms with Crippen molar-refractivity contribution >= 4 is 38.7 Å². The van der Waals surface area contributed by atoms with Crippen molar-refractivity contribution in [1.29, 1.82) is 0 Å². The predicted octanol–water partition coefficient (Wildman–Crippen LogP) is 2.05. The van der Waals surface area contributed by atoms with Gasteiger partial charge in [0.25, 0.3) is 0 Å². The molecule has 1 saturated heterocycles. The van der Waals surface area contributed by atoms with Crippen molar-refractivity contribution < 1.29 is 22.7 Å². The van der Waals surface area contributed by atoms with E-state index in [-0.39, 0.29) is 23.5 Å². The molecule has 1 amide bonds. The monoisotopic (exact) mass is 474 g/mol. The van der Waals surface area contributed by atoms with Gasteiger partial charge in [-0.1, -0.05) is 18.2 Å². The number of aromatic nitrogens is 2. The van der Waals surface area contributed by atoms with Crippen LogP contribution in [0.25, 0.3) is 11.0 Å². The number of hydrogen-bond donors (Lipinski definition) is 1. The van der Waals surface area contributed by atoms with E-state index in [0.29, 0.717) is 55.1 Å². The van der Waals surface area contributed by atoms with Gasteiger partial charge in [0.1, 0.15) is 28.6 Å². The van der Waals surface area contributed by atoms with Crippen molar-refractivity contribution in [3.05, 3.63) is 42.5 Å². The van der Waals surface area contributed by atoms with Crippen LogP contribution in [0.4, 0.5) is 0 Å². The van der Waals surface area contributed by atoms with Gasteiger partial charge in [0.05, 0.1) is 24.2 Å². The van der Waals surface area contributed by atoms with Gasteiger partial charge in [-0.15, -0.1) is 0 Å². The molecule has 0 radical (unpaired) electrons. The van der Waals surface area contributed by atoms with Crippen LogP contribution in [-0.4, -0.2) is 59.7 Å². The Hall–Kier alpha value is -2.76. The van der Waals surface area contributed by atoms with Crippen LogP contribution in [0.5, 0.6) is 11.5 Å².